The van der Waals surface area contributed by atoms with Crippen molar-refractivity contribution < 1.29 is 14.4 Å². The number of alkyl halides is 1. The molecule has 12 heavy (non-hydrogen) atoms. The van der Waals surface area contributed by atoms with Gasteiger partial charge < -0.3 is 0 Å². The predicted octanol–water partition coefficient (Wildman–Crippen LogP) is 1.04. The van der Waals surface area contributed by atoms with Crippen LogP contribution in [0, 0.1) is 0 Å². The molecule has 0 spiro atoms. The molecule has 0 radical (unpaired) electrons. The summed E-state index contributed by atoms with van der Waals surface area (Å²) in [4.78, 5) is 27.0. The number of hydrogen-bond donors (Lipinski definition) is 0. The van der Waals surface area contributed by atoms with Crippen LogP contribution in [0.5, 0.6) is 0 Å². The van der Waals surface area contributed by atoms with Crippen molar-refractivity contribution in [2.75, 3.05) is 6.07 Å². The average Bonchev–Trinajstić information content (AvgIpc) is 2.19. The molecule has 0 saturated carbocycles. The van der Waals surface area contributed by atoms with Gasteiger partial charge in [-0.2, -0.15) is 5.06 Å². The maximum absolute atomic E-state index is 11.1. The Morgan fingerprint density at radius 3 is 2.17 bits per heavy atom. The third-order valence-corrected chi connectivity index (χ3v) is 1.76. The molecule has 0 bridgehead atoms. The second kappa shape index (κ2) is 4.42. The van der Waals surface area contributed by atoms with Crippen LogP contribution in [0.25, 0.3) is 0 Å². The normalized spacial score (nSPS) is 19.6. The smallest absolute Gasteiger partial charge is 0.253 e. The van der Waals surface area contributed by atoms with E-state index in [2.05, 4.69) is 4.84 Å². The fourth-order valence-electron chi connectivity index (χ4n) is 1.09. The van der Waals surface area contributed by atoms with Gasteiger partial charge in [0.05, 0.1) is 0 Å². The van der Waals surface area contributed by atoms with E-state index in [0.717, 1.165) is 17.9 Å². The van der Waals surface area contributed by atoms with Crippen LogP contribution in [0.15, 0.2) is 0 Å². The molecule has 0 atom stereocenters. The Balaban J connectivity index is 2.61. The van der Waals surface area contributed by atoms with Crippen LogP contribution in [0.2, 0.25) is 0 Å². The van der Waals surface area contributed by atoms with Crippen LogP contribution in [-0.2, 0) is 14.4 Å². The van der Waals surface area contributed by atoms with E-state index in [1.54, 1.807) is 0 Å². The highest BCUT2D eigenvalue weighted by Gasteiger charge is 2.24. The van der Waals surface area contributed by atoms with E-state index in [0.29, 0.717) is 12.8 Å². The molecule has 1 saturated heterocycles. The molecule has 4 nitrogen and oxygen atoms in total. The summed E-state index contributed by atoms with van der Waals surface area (Å²) >= 11 is 5.25. The molecule has 0 aliphatic carbocycles. The Morgan fingerprint density at radius 1 is 1.25 bits per heavy atom. The Kier molecular flexibility index (Phi) is 3.49. The van der Waals surface area contributed by atoms with Crippen molar-refractivity contribution >= 4 is 23.4 Å². The first-order chi connectivity index (χ1) is 5.75. The van der Waals surface area contributed by atoms with Crippen LogP contribution in [0.3, 0.4) is 0 Å². The molecule has 5 heteroatoms. The highest BCUT2D eigenvalue weighted by Crippen LogP contribution is 2.12. The summed E-state index contributed by atoms with van der Waals surface area (Å²) in [5.41, 5.74) is 0. The van der Waals surface area contributed by atoms with E-state index in [1.807, 2.05) is 0 Å². The van der Waals surface area contributed by atoms with Crippen LogP contribution in [0.1, 0.15) is 25.7 Å². The number of carbonyl (C=O) groups is 2. The van der Waals surface area contributed by atoms with Crippen molar-refractivity contribution in [3.05, 3.63) is 0 Å². The fourth-order valence-corrected chi connectivity index (χ4v) is 1.19. The lowest BCUT2D eigenvalue weighted by atomic mass is 10.2. The SMILES string of the molecule is O=C1CCCCC(=O)N1OCCl. The number of imide groups is 1. The quantitative estimate of drug-likeness (QED) is 0.484. The highest BCUT2D eigenvalue weighted by molar-refractivity contribution is 6.17. The largest absolute Gasteiger partial charge is 0.272 e. The number of rotatable bonds is 2. The minimum absolute atomic E-state index is 0.169. The van der Waals surface area contributed by atoms with Crippen LogP contribution < -0.4 is 0 Å². The van der Waals surface area contributed by atoms with Crippen LogP contribution in [0.4, 0.5) is 0 Å². The maximum Gasteiger partial charge on any atom is 0.253 e. The molecule has 2 amide bonds. The van der Waals surface area contributed by atoms with Gasteiger partial charge in [-0.1, -0.05) is 11.6 Å². The van der Waals surface area contributed by atoms with Crippen molar-refractivity contribution in [1.29, 1.82) is 0 Å². The summed E-state index contributed by atoms with van der Waals surface area (Å²) in [7, 11) is 0. The number of hydrogen-bond acceptors (Lipinski definition) is 3. The van der Waals surface area contributed by atoms with Gasteiger partial charge in [-0.3, -0.25) is 9.59 Å². The van der Waals surface area contributed by atoms with Gasteiger partial charge in [0.2, 0.25) is 0 Å². The summed E-state index contributed by atoms with van der Waals surface area (Å²) in [5.74, 6) is -0.587. The second-order valence-electron chi connectivity index (χ2n) is 2.53. The minimum Gasteiger partial charge on any atom is -0.272 e. The Morgan fingerprint density at radius 2 is 1.75 bits per heavy atom. The molecule has 1 rings (SSSR count). The van der Waals surface area contributed by atoms with Gasteiger partial charge in [0.15, 0.2) is 0 Å². The summed E-state index contributed by atoms with van der Waals surface area (Å²) in [6.45, 7) is 0. The third-order valence-electron chi connectivity index (χ3n) is 1.66. The van der Waals surface area contributed by atoms with Gasteiger partial charge in [0, 0.05) is 12.8 Å². The van der Waals surface area contributed by atoms with Crippen molar-refractivity contribution in [2.24, 2.45) is 0 Å². The number of nitrogens with zero attached hydrogens (tertiary/aromatic N) is 1. The number of hydroxylamine groups is 2. The topological polar surface area (TPSA) is 46.6 Å². The Labute approximate surface area is 75.4 Å². The lowest BCUT2D eigenvalue weighted by molar-refractivity contribution is -0.188. The van der Waals surface area contributed by atoms with Gasteiger partial charge >= 0.3 is 0 Å². The van der Waals surface area contributed by atoms with Crippen LogP contribution in [-0.4, -0.2) is 22.9 Å². The van der Waals surface area contributed by atoms with Crippen molar-refractivity contribution in [2.45, 2.75) is 25.7 Å². The van der Waals surface area contributed by atoms with E-state index in [1.165, 1.54) is 0 Å². The Bertz CT molecular complexity index is 177. The van der Waals surface area contributed by atoms with Crippen molar-refractivity contribution in [3.8, 4) is 0 Å². The molecule has 0 aromatic heterocycles. The van der Waals surface area contributed by atoms with Gasteiger partial charge in [0.1, 0.15) is 6.07 Å². The first-order valence-electron chi connectivity index (χ1n) is 3.80. The molecule has 1 aliphatic rings. The first kappa shape index (κ1) is 9.48. The van der Waals surface area contributed by atoms with Gasteiger partial charge in [-0.05, 0) is 12.8 Å². The molecule has 1 heterocycles. The van der Waals surface area contributed by atoms with E-state index in [4.69, 9.17) is 11.6 Å². The summed E-state index contributed by atoms with van der Waals surface area (Å²) in [5, 5.41) is 0.778. The zero-order chi connectivity index (χ0) is 8.97. The van der Waals surface area contributed by atoms with E-state index in [9.17, 15) is 9.59 Å². The van der Waals surface area contributed by atoms with E-state index in [-0.39, 0.29) is 17.9 Å². The van der Waals surface area contributed by atoms with Gasteiger partial charge in [0.25, 0.3) is 11.8 Å². The molecule has 0 N–H and O–H groups in total. The number of amides is 2. The zero-order valence-electron chi connectivity index (χ0n) is 6.59. The molecule has 68 valence electrons. The van der Waals surface area contributed by atoms with Crippen molar-refractivity contribution in [3.63, 3.8) is 0 Å². The molecular weight excluding hydrogens is 182 g/mol. The molecule has 1 aliphatic heterocycles. The fraction of sp³-hybridized carbons (Fsp3) is 0.714. The van der Waals surface area contributed by atoms with Crippen LogP contribution >= 0.6 is 11.6 Å². The standard InChI is InChI=1S/C7H10ClNO3/c8-5-12-9-6(10)3-1-2-4-7(9)11/h1-5H2. The third kappa shape index (κ3) is 2.19. The van der Waals surface area contributed by atoms with Crippen molar-refractivity contribution in [1.82, 2.24) is 5.06 Å². The molecule has 0 unspecified atom stereocenters. The first-order valence-corrected chi connectivity index (χ1v) is 4.34. The molecule has 0 aromatic rings. The zero-order valence-corrected chi connectivity index (χ0v) is 7.34. The van der Waals surface area contributed by atoms with E-state index < -0.39 is 0 Å². The maximum atomic E-state index is 11.1. The molecular formula is C7H10ClNO3. The number of halogens is 1. The van der Waals surface area contributed by atoms with Gasteiger partial charge in [-0.15, -0.1) is 0 Å². The summed E-state index contributed by atoms with van der Waals surface area (Å²) in [6.07, 6.45) is 2.21. The molecule has 0 aromatic carbocycles. The summed E-state index contributed by atoms with van der Waals surface area (Å²) in [6, 6.07) is -0.169. The average molecular weight is 192 g/mol. The minimum atomic E-state index is -0.293. The molecule has 1 fully saturated rings. The number of carbonyl (C=O) groups excluding carboxylic acids is 2. The second-order valence-corrected chi connectivity index (χ2v) is 2.75. The highest BCUT2D eigenvalue weighted by atomic mass is 35.5. The lowest BCUT2D eigenvalue weighted by Gasteiger charge is -2.15. The summed E-state index contributed by atoms with van der Waals surface area (Å²) < 4.78 is 0. The Hall–Kier alpha value is -0.610. The lowest BCUT2D eigenvalue weighted by Crippen LogP contribution is -2.34. The van der Waals surface area contributed by atoms with Gasteiger partial charge in [-0.25, -0.2) is 4.84 Å². The predicted molar refractivity (Wildman–Crippen MR) is 42.1 cm³/mol. The monoisotopic (exact) mass is 191 g/mol. The van der Waals surface area contributed by atoms with E-state index >= 15 is 0 Å².